The van der Waals surface area contributed by atoms with Crippen LogP contribution in [-0.4, -0.2) is 8.42 Å². The fourth-order valence-electron chi connectivity index (χ4n) is 1.62. The number of sulfonamides is 1. The number of benzene rings is 1. The number of halogens is 1. The van der Waals surface area contributed by atoms with E-state index < -0.39 is 10.0 Å². The first-order chi connectivity index (χ1) is 9.42. The Kier molecular flexibility index (Phi) is 4.60. The van der Waals surface area contributed by atoms with E-state index in [-0.39, 0.29) is 11.4 Å². The van der Waals surface area contributed by atoms with E-state index in [1.54, 1.807) is 6.92 Å². The number of thiophene rings is 1. The predicted octanol–water partition coefficient (Wildman–Crippen LogP) is 3.17. The van der Waals surface area contributed by atoms with Crippen molar-refractivity contribution in [2.75, 3.05) is 0 Å². The van der Waals surface area contributed by atoms with Gasteiger partial charge in [-0.25, -0.2) is 13.1 Å². The van der Waals surface area contributed by atoms with Crippen LogP contribution in [0.3, 0.4) is 0 Å². The highest BCUT2D eigenvalue weighted by Gasteiger charge is 2.15. The molecule has 0 radical (unpaired) electrons. The molecule has 0 bridgehead atoms. The minimum absolute atomic E-state index is 0.171. The molecule has 0 saturated carbocycles. The van der Waals surface area contributed by atoms with Crippen molar-refractivity contribution in [1.29, 1.82) is 5.26 Å². The van der Waals surface area contributed by atoms with E-state index in [4.69, 9.17) is 5.26 Å². The lowest BCUT2D eigenvalue weighted by atomic mass is 10.1. The zero-order chi connectivity index (χ0) is 14.8. The van der Waals surface area contributed by atoms with Crippen molar-refractivity contribution in [3.05, 3.63) is 50.1 Å². The molecule has 0 unspecified atom stereocenters. The third-order valence-corrected chi connectivity index (χ3v) is 5.72. The fraction of sp³-hybridized carbons (Fsp3) is 0.154. The average Bonchev–Trinajstić information content (AvgIpc) is 2.82. The molecule has 2 aromatic rings. The zero-order valence-electron chi connectivity index (χ0n) is 10.6. The van der Waals surface area contributed by atoms with Crippen LogP contribution in [-0.2, 0) is 16.6 Å². The lowest BCUT2D eigenvalue weighted by molar-refractivity contribution is 0.581. The Labute approximate surface area is 130 Å². The molecule has 0 saturated heterocycles. The van der Waals surface area contributed by atoms with Gasteiger partial charge in [0.1, 0.15) is 0 Å². The monoisotopic (exact) mass is 370 g/mol. The maximum atomic E-state index is 12.2. The molecule has 0 amide bonds. The van der Waals surface area contributed by atoms with E-state index in [0.29, 0.717) is 11.1 Å². The van der Waals surface area contributed by atoms with Crippen molar-refractivity contribution >= 4 is 37.3 Å². The highest BCUT2D eigenvalue weighted by Crippen LogP contribution is 2.22. The van der Waals surface area contributed by atoms with Crippen molar-refractivity contribution in [2.24, 2.45) is 0 Å². The molecule has 0 aliphatic heterocycles. The van der Waals surface area contributed by atoms with Gasteiger partial charge in [0, 0.05) is 11.4 Å². The first kappa shape index (κ1) is 15.2. The first-order valence-corrected chi connectivity index (χ1v) is 8.76. The van der Waals surface area contributed by atoms with Crippen LogP contribution in [0.1, 0.15) is 16.0 Å². The molecule has 2 rings (SSSR count). The summed E-state index contributed by atoms with van der Waals surface area (Å²) in [7, 11) is -3.56. The lowest BCUT2D eigenvalue weighted by Crippen LogP contribution is -2.22. The lowest BCUT2D eigenvalue weighted by Gasteiger charge is -2.07. The van der Waals surface area contributed by atoms with Crippen molar-refractivity contribution in [3.8, 4) is 6.07 Å². The second kappa shape index (κ2) is 6.06. The number of nitriles is 1. The van der Waals surface area contributed by atoms with Crippen molar-refractivity contribution < 1.29 is 8.42 Å². The minimum atomic E-state index is -3.56. The van der Waals surface area contributed by atoms with Crippen LogP contribution in [0.15, 0.2) is 39.0 Å². The number of aryl methyl sites for hydroxylation is 1. The van der Waals surface area contributed by atoms with Crippen molar-refractivity contribution in [2.45, 2.75) is 18.4 Å². The molecule has 0 aliphatic carbocycles. The second-order valence-corrected chi connectivity index (χ2v) is 8.43. The van der Waals surface area contributed by atoms with Crippen molar-refractivity contribution in [3.63, 3.8) is 0 Å². The number of hydrogen-bond donors (Lipinski definition) is 1. The van der Waals surface area contributed by atoms with Crippen LogP contribution in [0.2, 0.25) is 0 Å². The van der Waals surface area contributed by atoms with Crippen LogP contribution in [0, 0.1) is 18.3 Å². The van der Waals surface area contributed by atoms with Gasteiger partial charge >= 0.3 is 0 Å². The van der Waals surface area contributed by atoms with E-state index in [9.17, 15) is 8.42 Å². The van der Waals surface area contributed by atoms with Gasteiger partial charge in [0.2, 0.25) is 10.0 Å². The molecule has 0 fully saturated rings. The summed E-state index contributed by atoms with van der Waals surface area (Å²) in [6, 6.07) is 10.2. The standard InChI is InChI=1S/C13H11BrN2O2S2/c1-9-6-12(4-2-10(9)7-15)20(17,18)16-8-11-3-5-13(14)19-11/h2-6,16H,8H2,1H3. The highest BCUT2D eigenvalue weighted by molar-refractivity contribution is 9.11. The van der Waals surface area contributed by atoms with Crippen LogP contribution in [0.5, 0.6) is 0 Å². The third kappa shape index (κ3) is 3.46. The number of hydrogen-bond acceptors (Lipinski definition) is 4. The van der Waals surface area contributed by atoms with Crippen molar-refractivity contribution in [1.82, 2.24) is 4.72 Å². The molecule has 20 heavy (non-hydrogen) atoms. The summed E-state index contributed by atoms with van der Waals surface area (Å²) in [6.45, 7) is 1.96. The summed E-state index contributed by atoms with van der Waals surface area (Å²) in [5.41, 5.74) is 1.13. The Morgan fingerprint density at radius 2 is 2.10 bits per heavy atom. The highest BCUT2D eigenvalue weighted by atomic mass is 79.9. The summed E-state index contributed by atoms with van der Waals surface area (Å²) < 4.78 is 27.8. The van der Waals surface area contributed by atoms with Crippen LogP contribution in [0.4, 0.5) is 0 Å². The molecule has 104 valence electrons. The van der Waals surface area contributed by atoms with Gasteiger partial charge in [-0.05, 0) is 58.7 Å². The fourth-order valence-corrected chi connectivity index (χ4v) is 4.23. The average molecular weight is 371 g/mol. The molecule has 7 heteroatoms. The van der Waals surface area contributed by atoms with Gasteiger partial charge < -0.3 is 0 Å². The van der Waals surface area contributed by atoms with Crippen LogP contribution < -0.4 is 4.72 Å². The van der Waals surface area contributed by atoms with Crippen LogP contribution in [0.25, 0.3) is 0 Å². The third-order valence-electron chi connectivity index (χ3n) is 2.69. The smallest absolute Gasteiger partial charge is 0.207 e. The van der Waals surface area contributed by atoms with Gasteiger partial charge in [0.25, 0.3) is 0 Å². The second-order valence-electron chi connectivity index (χ2n) is 4.12. The van der Waals surface area contributed by atoms with Gasteiger partial charge in [-0.15, -0.1) is 11.3 Å². The Balaban J connectivity index is 2.18. The molecule has 1 aromatic carbocycles. The van der Waals surface area contributed by atoms with Gasteiger partial charge in [0.15, 0.2) is 0 Å². The van der Waals surface area contributed by atoms with E-state index in [1.807, 2.05) is 18.2 Å². The maximum absolute atomic E-state index is 12.2. The normalized spacial score (nSPS) is 11.2. The summed E-state index contributed by atoms with van der Waals surface area (Å²) >= 11 is 4.81. The molecule has 1 N–H and O–H groups in total. The van der Waals surface area contributed by atoms with Gasteiger partial charge in [-0.2, -0.15) is 5.26 Å². The van der Waals surface area contributed by atoms with Gasteiger partial charge in [-0.1, -0.05) is 0 Å². The first-order valence-electron chi connectivity index (χ1n) is 5.67. The zero-order valence-corrected chi connectivity index (χ0v) is 13.8. The number of nitrogens with zero attached hydrogens (tertiary/aromatic N) is 1. The topological polar surface area (TPSA) is 70.0 Å². The largest absolute Gasteiger partial charge is 0.240 e. The molecular formula is C13H11BrN2O2S2. The van der Waals surface area contributed by atoms with Crippen LogP contribution >= 0.6 is 27.3 Å². The molecule has 1 aromatic heterocycles. The summed E-state index contributed by atoms with van der Waals surface area (Å²) in [4.78, 5) is 1.09. The summed E-state index contributed by atoms with van der Waals surface area (Å²) in [5.74, 6) is 0. The molecule has 0 atom stereocenters. The molecule has 0 aliphatic rings. The van der Waals surface area contributed by atoms with Gasteiger partial charge in [0.05, 0.1) is 20.3 Å². The minimum Gasteiger partial charge on any atom is -0.207 e. The molecule has 1 heterocycles. The van der Waals surface area contributed by atoms with E-state index >= 15 is 0 Å². The van der Waals surface area contributed by atoms with E-state index in [0.717, 1.165) is 8.66 Å². The number of nitrogens with one attached hydrogen (secondary N) is 1. The Morgan fingerprint density at radius 1 is 1.35 bits per heavy atom. The SMILES string of the molecule is Cc1cc(S(=O)(=O)NCc2ccc(Br)s2)ccc1C#N. The molecule has 4 nitrogen and oxygen atoms in total. The van der Waals surface area contributed by atoms with Gasteiger partial charge in [-0.3, -0.25) is 0 Å². The van der Waals surface area contributed by atoms with E-state index in [1.165, 1.54) is 29.5 Å². The maximum Gasteiger partial charge on any atom is 0.240 e. The van der Waals surface area contributed by atoms with E-state index in [2.05, 4.69) is 20.7 Å². The number of rotatable bonds is 4. The molecule has 0 spiro atoms. The predicted molar refractivity (Wildman–Crippen MR) is 81.9 cm³/mol. The molecular weight excluding hydrogens is 360 g/mol. The Hall–Kier alpha value is -1.20. The quantitative estimate of drug-likeness (QED) is 0.898. The Morgan fingerprint density at radius 3 is 2.65 bits per heavy atom. The summed E-state index contributed by atoms with van der Waals surface area (Å²) in [5, 5.41) is 8.85. The Bertz CT molecular complexity index is 776. The summed E-state index contributed by atoms with van der Waals surface area (Å²) in [6.07, 6.45) is 0.